The predicted molar refractivity (Wildman–Crippen MR) is 126 cm³/mol. The second-order valence-electron chi connectivity index (χ2n) is 7.30. The number of hydrogen-bond acceptors (Lipinski definition) is 4. The summed E-state index contributed by atoms with van der Waals surface area (Å²) in [5.41, 5.74) is 8.81. The monoisotopic (exact) mass is 390 g/mol. The van der Waals surface area contributed by atoms with E-state index in [1.165, 1.54) is 22.7 Å². The predicted octanol–water partition coefficient (Wildman–Crippen LogP) is 6.32. The van der Waals surface area contributed by atoms with E-state index in [-0.39, 0.29) is 0 Å². The topological polar surface area (TPSA) is 32.3 Å². The zero-order valence-electron chi connectivity index (χ0n) is 17.0. The lowest BCUT2D eigenvalue weighted by Crippen LogP contribution is -2.23. The average Bonchev–Trinajstić information content (AvgIpc) is 2.81. The maximum atomic E-state index is 4.52. The first kappa shape index (κ1) is 18.1. The summed E-state index contributed by atoms with van der Waals surface area (Å²) >= 11 is 0. The number of rotatable bonds is 0. The summed E-state index contributed by atoms with van der Waals surface area (Å²) in [5.74, 6) is 0. The Labute approximate surface area is 176 Å². The summed E-state index contributed by atoms with van der Waals surface area (Å²) in [5, 5.41) is 0. The largest absolute Gasteiger partial charge is 0.341 e. The summed E-state index contributed by atoms with van der Waals surface area (Å²) in [6.07, 6.45) is 0. The van der Waals surface area contributed by atoms with Crippen molar-refractivity contribution < 1.29 is 0 Å². The zero-order chi connectivity index (χ0) is 20.5. The van der Waals surface area contributed by atoms with Crippen molar-refractivity contribution in [3.63, 3.8) is 0 Å². The SMILES string of the molecule is CN1c2ccccc2N(C)c2ccccc21.c1ccc2nc3ccccc3nc2c1. The highest BCUT2D eigenvalue weighted by Gasteiger charge is 2.22. The molecule has 0 spiro atoms. The van der Waals surface area contributed by atoms with Crippen molar-refractivity contribution in [1.82, 2.24) is 9.97 Å². The molecule has 1 aromatic heterocycles. The van der Waals surface area contributed by atoms with Gasteiger partial charge >= 0.3 is 0 Å². The molecule has 0 fully saturated rings. The van der Waals surface area contributed by atoms with E-state index in [4.69, 9.17) is 0 Å². The molecule has 6 rings (SSSR count). The highest BCUT2D eigenvalue weighted by Crippen LogP contribution is 2.45. The van der Waals surface area contributed by atoms with Gasteiger partial charge in [-0.3, -0.25) is 0 Å². The first-order valence-electron chi connectivity index (χ1n) is 9.99. The summed E-state index contributed by atoms with van der Waals surface area (Å²) < 4.78 is 0. The van der Waals surface area contributed by atoms with Crippen LogP contribution in [0.25, 0.3) is 22.1 Å². The Bertz CT molecular complexity index is 1140. The molecule has 4 nitrogen and oxygen atoms in total. The molecule has 0 saturated heterocycles. The molecule has 0 bridgehead atoms. The molecule has 0 aliphatic carbocycles. The lowest BCUT2D eigenvalue weighted by atomic mass is 10.1. The van der Waals surface area contributed by atoms with Gasteiger partial charge < -0.3 is 9.80 Å². The van der Waals surface area contributed by atoms with Gasteiger partial charge in [-0.15, -0.1) is 0 Å². The second kappa shape index (κ2) is 7.48. The Balaban J connectivity index is 0.000000130. The lowest BCUT2D eigenvalue weighted by Gasteiger charge is -2.36. The van der Waals surface area contributed by atoms with Crippen LogP contribution < -0.4 is 9.80 Å². The number of anilines is 4. The van der Waals surface area contributed by atoms with Crippen LogP contribution >= 0.6 is 0 Å². The molecular formula is C26H22N4. The third kappa shape index (κ3) is 3.12. The first-order chi connectivity index (χ1) is 14.7. The molecule has 5 aromatic rings. The van der Waals surface area contributed by atoms with E-state index in [0.717, 1.165) is 22.1 Å². The molecule has 4 heteroatoms. The first-order valence-corrected chi connectivity index (χ1v) is 9.99. The molecule has 1 aliphatic heterocycles. The summed E-state index contributed by atoms with van der Waals surface area (Å²) in [4.78, 5) is 13.5. The Morgan fingerprint density at radius 2 is 0.633 bits per heavy atom. The molecule has 30 heavy (non-hydrogen) atoms. The fourth-order valence-electron chi connectivity index (χ4n) is 3.89. The number of aromatic nitrogens is 2. The number of fused-ring (bicyclic) bond motifs is 4. The van der Waals surface area contributed by atoms with Gasteiger partial charge in [0.1, 0.15) is 0 Å². The fraction of sp³-hybridized carbons (Fsp3) is 0.0769. The minimum absolute atomic E-state index is 0.950. The van der Waals surface area contributed by atoms with E-state index < -0.39 is 0 Å². The number of para-hydroxylation sites is 8. The standard InChI is InChI=1S/C14H14N2.C12H8N2/c1-15-11-7-3-5-9-13(11)16(2)14-10-6-4-8-12(14)15;1-2-6-10-9(5-1)13-11-7-3-4-8-12(11)14-10/h3-10H,1-2H3;1-8H. The zero-order valence-corrected chi connectivity index (χ0v) is 17.0. The molecule has 1 aliphatic rings. The molecule has 4 aromatic carbocycles. The van der Waals surface area contributed by atoms with E-state index in [0.29, 0.717) is 0 Å². The van der Waals surface area contributed by atoms with Gasteiger partial charge in [0.25, 0.3) is 0 Å². The Hall–Kier alpha value is -3.92. The van der Waals surface area contributed by atoms with Gasteiger partial charge in [0.2, 0.25) is 0 Å². The van der Waals surface area contributed by atoms with Gasteiger partial charge in [0.15, 0.2) is 0 Å². The maximum Gasteiger partial charge on any atom is 0.0894 e. The van der Waals surface area contributed by atoms with Gasteiger partial charge in [0.05, 0.1) is 44.8 Å². The van der Waals surface area contributed by atoms with Crippen molar-refractivity contribution in [2.45, 2.75) is 0 Å². The van der Waals surface area contributed by atoms with Crippen LogP contribution in [0.3, 0.4) is 0 Å². The van der Waals surface area contributed by atoms with Gasteiger partial charge in [-0.25, -0.2) is 9.97 Å². The average molecular weight is 390 g/mol. The van der Waals surface area contributed by atoms with Gasteiger partial charge in [-0.2, -0.15) is 0 Å². The fourth-order valence-corrected chi connectivity index (χ4v) is 3.89. The quantitative estimate of drug-likeness (QED) is 0.290. The summed E-state index contributed by atoms with van der Waals surface area (Å²) in [6.45, 7) is 0. The van der Waals surface area contributed by atoms with Gasteiger partial charge in [-0.05, 0) is 48.5 Å². The highest BCUT2D eigenvalue weighted by atomic mass is 15.2. The van der Waals surface area contributed by atoms with Crippen molar-refractivity contribution in [3.8, 4) is 0 Å². The van der Waals surface area contributed by atoms with Gasteiger partial charge in [-0.1, -0.05) is 48.5 Å². The maximum absolute atomic E-state index is 4.52. The summed E-state index contributed by atoms with van der Waals surface area (Å²) in [6, 6.07) is 32.8. The number of hydrogen-bond donors (Lipinski definition) is 0. The van der Waals surface area contributed by atoms with E-state index in [1.807, 2.05) is 48.5 Å². The Kier molecular flexibility index (Phi) is 4.52. The van der Waals surface area contributed by atoms with Crippen LogP contribution in [0.1, 0.15) is 0 Å². The molecule has 0 unspecified atom stereocenters. The van der Waals surface area contributed by atoms with Crippen molar-refractivity contribution in [2.24, 2.45) is 0 Å². The van der Waals surface area contributed by atoms with Gasteiger partial charge in [0, 0.05) is 14.1 Å². The molecule has 2 heterocycles. The van der Waals surface area contributed by atoms with Crippen LogP contribution in [0.5, 0.6) is 0 Å². The number of nitrogens with zero attached hydrogens (tertiary/aromatic N) is 4. The molecule has 0 N–H and O–H groups in total. The normalized spacial score (nSPS) is 12.2. The van der Waals surface area contributed by atoms with E-state index in [9.17, 15) is 0 Å². The van der Waals surface area contributed by atoms with E-state index in [2.05, 4.69) is 82.4 Å². The molecule has 0 amide bonds. The van der Waals surface area contributed by atoms with Crippen molar-refractivity contribution >= 4 is 44.8 Å². The van der Waals surface area contributed by atoms with Crippen LogP contribution in [0.2, 0.25) is 0 Å². The molecular weight excluding hydrogens is 368 g/mol. The molecule has 0 radical (unpaired) electrons. The Morgan fingerprint density at radius 3 is 0.900 bits per heavy atom. The van der Waals surface area contributed by atoms with Crippen molar-refractivity contribution in [3.05, 3.63) is 97.1 Å². The third-order valence-electron chi connectivity index (χ3n) is 5.45. The van der Waals surface area contributed by atoms with Crippen LogP contribution in [0.4, 0.5) is 22.7 Å². The third-order valence-corrected chi connectivity index (χ3v) is 5.45. The second-order valence-corrected chi connectivity index (χ2v) is 7.30. The minimum Gasteiger partial charge on any atom is -0.341 e. The Morgan fingerprint density at radius 1 is 0.400 bits per heavy atom. The van der Waals surface area contributed by atoms with Crippen molar-refractivity contribution in [2.75, 3.05) is 23.9 Å². The van der Waals surface area contributed by atoms with Crippen LogP contribution in [-0.2, 0) is 0 Å². The van der Waals surface area contributed by atoms with Crippen LogP contribution in [-0.4, -0.2) is 24.1 Å². The minimum atomic E-state index is 0.950. The molecule has 0 atom stereocenters. The smallest absolute Gasteiger partial charge is 0.0894 e. The van der Waals surface area contributed by atoms with E-state index in [1.54, 1.807) is 0 Å². The van der Waals surface area contributed by atoms with Crippen molar-refractivity contribution in [1.29, 1.82) is 0 Å². The highest BCUT2D eigenvalue weighted by molar-refractivity contribution is 5.92. The van der Waals surface area contributed by atoms with Crippen LogP contribution in [0, 0.1) is 0 Å². The van der Waals surface area contributed by atoms with E-state index >= 15 is 0 Å². The molecule has 146 valence electrons. The summed E-state index contributed by atoms with van der Waals surface area (Å²) in [7, 11) is 4.23. The van der Waals surface area contributed by atoms with Crippen LogP contribution in [0.15, 0.2) is 97.1 Å². The molecule has 0 saturated carbocycles. The lowest BCUT2D eigenvalue weighted by molar-refractivity contribution is 1.10. The number of benzene rings is 4.